The van der Waals surface area contributed by atoms with Gasteiger partial charge in [0.15, 0.2) is 0 Å². The molecule has 0 bridgehead atoms. The standard InChI is InChI=1S/C16H20ClNO4.C13H9N3O2/c1-9(13(19)16(2,3)4)14(20)18-12-8-10(15(21)22-5)6-7-11(12)17;17-13(18-10-4-2-1-3-5-10)9-6-7-11-12(8-9)15-16-14-11/h6-9H,1-5H3,(H,18,20);1-8H,(H,14,15,16). The molecule has 1 heterocycles. The van der Waals surface area contributed by atoms with E-state index in [1.54, 1.807) is 58.0 Å². The summed E-state index contributed by atoms with van der Waals surface area (Å²) in [5.41, 5.74) is 1.71. The van der Waals surface area contributed by atoms with E-state index in [0.29, 0.717) is 22.3 Å². The van der Waals surface area contributed by atoms with Gasteiger partial charge in [0.25, 0.3) is 0 Å². The molecule has 0 aliphatic rings. The number of anilines is 1. The van der Waals surface area contributed by atoms with Gasteiger partial charge < -0.3 is 14.8 Å². The lowest BCUT2D eigenvalue weighted by Crippen LogP contribution is -2.34. The van der Waals surface area contributed by atoms with Crippen molar-refractivity contribution in [2.45, 2.75) is 27.7 Å². The van der Waals surface area contributed by atoms with Gasteiger partial charge in [-0.1, -0.05) is 50.6 Å². The molecule has 1 amide bonds. The fraction of sp³-hybridized carbons (Fsp3) is 0.241. The van der Waals surface area contributed by atoms with Crippen molar-refractivity contribution in [3.8, 4) is 5.75 Å². The van der Waals surface area contributed by atoms with Gasteiger partial charge in [-0.3, -0.25) is 9.59 Å². The summed E-state index contributed by atoms with van der Waals surface area (Å²) in [7, 11) is 1.26. The number of hydrogen-bond acceptors (Lipinski definition) is 8. The minimum atomic E-state index is -0.821. The Kier molecular flexibility index (Phi) is 9.73. The molecule has 0 aliphatic heterocycles. The number of ether oxygens (including phenoxy) is 2. The van der Waals surface area contributed by atoms with Crippen LogP contribution in [0.15, 0.2) is 66.7 Å². The number of methoxy groups -OCH3 is 1. The van der Waals surface area contributed by atoms with Crippen LogP contribution in [0.2, 0.25) is 5.02 Å². The molecule has 1 atom stereocenters. The maximum Gasteiger partial charge on any atom is 0.343 e. The zero-order valence-corrected chi connectivity index (χ0v) is 23.4. The number of para-hydroxylation sites is 1. The highest BCUT2D eigenvalue weighted by molar-refractivity contribution is 6.34. The number of aromatic nitrogens is 3. The van der Waals surface area contributed by atoms with Crippen LogP contribution in [0.25, 0.3) is 11.0 Å². The Bertz CT molecular complexity index is 1530. The number of carbonyl (C=O) groups excluding carboxylic acids is 4. The van der Waals surface area contributed by atoms with E-state index in [0.717, 1.165) is 0 Å². The number of benzene rings is 3. The van der Waals surface area contributed by atoms with Crippen molar-refractivity contribution in [3.63, 3.8) is 0 Å². The zero-order chi connectivity index (χ0) is 29.4. The number of hydrogen-bond donors (Lipinski definition) is 2. The smallest absolute Gasteiger partial charge is 0.343 e. The number of carbonyl (C=O) groups is 4. The van der Waals surface area contributed by atoms with Crippen LogP contribution >= 0.6 is 11.6 Å². The monoisotopic (exact) mass is 564 g/mol. The quantitative estimate of drug-likeness (QED) is 0.178. The molecular formula is C29H29ClN4O6. The van der Waals surface area contributed by atoms with Crippen LogP contribution in [0, 0.1) is 11.3 Å². The summed E-state index contributed by atoms with van der Waals surface area (Å²) in [6.07, 6.45) is 0. The van der Waals surface area contributed by atoms with Gasteiger partial charge in [-0.15, -0.1) is 0 Å². The number of nitrogens with zero attached hydrogens (tertiary/aromatic N) is 2. The number of esters is 2. The van der Waals surface area contributed by atoms with Gasteiger partial charge >= 0.3 is 11.9 Å². The van der Waals surface area contributed by atoms with Gasteiger partial charge in [-0.05, 0) is 55.5 Å². The number of fused-ring (bicyclic) bond motifs is 1. The third kappa shape index (κ3) is 7.73. The van der Waals surface area contributed by atoms with Crippen molar-refractivity contribution in [2.24, 2.45) is 11.3 Å². The topological polar surface area (TPSA) is 140 Å². The molecule has 40 heavy (non-hydrogen) atoms. The minimum absolute atomic E-state index is 0.176. The molecule has 4 rings (SSSR count). The fourth-order valence-corrected chi connectivity index (χ4v) is 3.66. The first kappa shape index (κ1) is 30.0. The van der Waals surface area contributed by atoms with E-state index < -0.39 is 29.2 Å². The first-order chi connectivity index (χ1) is 18.9. The Balaban J connectivity index is 0.000000224. The van der Waals surface area contributed by atoms with E-state index >= 15 is 0 Å². The van der Waals surface area contributed by atoms with Crippen molar-refractivity contribution in [1.29, 1.82) is 0 Å². The maximum atomic E-state index is 12.2. The number of rotatable bonds is 6. The predicted molar refractivity (Wildman–Crippen MR) is 150 cm³/mol. The lowest BCUT2D eigenvalue weighted by atomic mass is 9.83. The molecule has 10 nitrogen and oxygen atoms in total. The molecule has 3 aromatic carbocycles. The van der Waals surface area contributed by atoms with Crippen LogP contribution in [0.5, 0.6) is 5.75 Å². The third-order valence-corrected chi connectivity index (χ3v) is 6.01. The summed E-state index contributed by atoms with van der Waals surface area (Å²) >= 11 is 6.01. The number of H-pyrrole nitrogens is 1. The Morgan fingerprint density at radius 3 is 2.15 bits per heavy atom. The molecule has 1 unspecified atom stereocenters. The molecule has 0 fully saturated rings. The SMILES string of the molecule is COC(=O)c1ccc(Cl)c(NC(=O)C(C)C(=O)C(C)(C)C)c1.O=C(Oc1ccccc1)c1ccc2n[nH]nc2c1. The second-order valence-electron chi connectivity index (χ2n) is 9.74. The van der Waals surface area contributed by atoms with Crippen molar-refractivity contribution < 1.29 is 28.7 Å². The van der Waals surface area contributed by atoms with Crippen LogP contribution in [-0.2, 0) is 14.3 Å². The summed E-state index contributed by atoms with van der Waals surface area (Å²) in [5.74, 6) is -1.90. The summed E-state index contributed by atoms with van der Waals surface area (Å²) in [6, 6.07) is 18.4. The van der Waals surface area contributed by atoms with Crippen molar-refractivity contribution in [2.75, 3.05) is 12.4 Å². The second kappa shape index (κ2) is 13.0. The molecule has 1 aromatic heterocycles. The predicted octanol–water partition coefficient (Wildman–Crippen LogP) is 5.49. The fourth-order valence-electron chi connectivity index (χ4n) is 3.50. The van der Waals surface area contributed by atoms with Crippen LogP contribution in [0.4, 0.5) is 5.69 Å². The average molecular weight is 565 g/mol. The Hall–Kier alpha value is -4.57. The van der Waals surface area contributed by atoms with Gasteiger partial charge in [0.05, 0.1) is 34.9 Å². The molecule has 0 aliphatic carbocycles. The van der Waals surface area contributed by atoms with Crippen LogP contribution in [-0.4, -0.2) is 46.1 Å². The van der Waals surface area contributed by atoms with E-state index in [4.69, 9.17) is 16.3 Å². The number of halogens is 1. The molecule has 4 aromatic rings. The van der Waals surface area contributed by atoms with Crippen molar-refractivity contribution >= 4 is 52.0 Å². The Morgan fingerprint density at radius 2 is 1.50 bits per heavy atom. The van der Waals surface area contributed by atoms with Gasteiger partial charge in [0, 0.05) is 5.41 Å². The van der Waals surface area contributed by atoms with Crippen molar-refractivity contribution in [3.05, 3.63) is 82.9 Å². The zero-order valence-electron chi connectivity index (χ0n) is 22.7. The first-order valence-electron chi connectivity index (χ1n) is 12.2. The summed E-state index contributed by atoms with van der Waals surface area (Å²) in [6.45, 7) is 6.80. The summed E-state index contributed by atoms with van der Waals surface area (Å²) < 4.78 is 9.85. The molecule has 0 spiro atoms. The van der Waals surface area contributed by atoms with Gasteiger partial charge in [-0.25, -0.2) is 9.59 Å². The van der Waals surface area contributed by atoms with Crippen LogP contribution in [0.1, 0.15) is 48.4 Å². The second-order valence-corrected chi connectivity index (χ2v) is 10.1. The molecule has 0 radical (unpaired) electrons. The molecule has 0 saturated heterocycles. The highest BCUT2D eigenvalue weighted by Gasteiger charge is 2.31. The highest BCUT2D eigenvalue weighted by atomic mass is 35.5. The molecule has 208 valence electrons. The van der Waals surface area contributed by atoms with E-state index in [1.165, 1.54) is 25.3 Å². The largest absolute Gasteiger partial charge is 0.465 e. The van der Waals surface area contributed by atoms with Crippen molar-refractivity contribution in [1.82, 2.24) is 15.4 Å². The lowest BCUT2D eigenvalue weighted by molar-refractivity contribution is -0.135. The number of Topliss-reactive ketones (excluding diaryl/α,β-unsaturated/α-hetero) is 1. The van der Waals surface area contributed by atoms with Gasteiger partial charge in [-0.2, -0.15) is 15.4 Å². The average Bonchev–Trinajstić information content (AvgIpc) is 3.41. The van der Waals surface area contributed by atoms with Gasteiger partial charge in [0.1, 0.15) is 22.6 Å². The first-order valence-corrected chi connectivity index (χ1v) is 12.6. The molecular weight excluding hydrogens is 536 g/mol. The van der Waals surface area contributed by atoms with E-state index in [1.807, 2.05) is 18.2 Å². The van der Waals surface area contributed by atoms with Gasteiger partial charge in [0.2, 0.25) is 5.91 Å². The van der Waals surface area contributed by atoms with Crippen LogP contribution < -0.4 is 10.1 Å². The number of aromatic amines is 1. The minimum Gasteiger partial charge on any atom is -0.465 e. The Labute approximate surface area is 236 Å². The Morgan fingerprint density at radius 1 is 0.875 bits per heavy atom. The third-order valence-electron chi connectivity index (χ3n) is 5.68. The maximum absolute atomic E-state index is 12.2. The summed E-state index contributed by atoms with van der Waals surface area (Å²) in [5, 5.41) is 13.2. The number of ketones is 1. The highest BCUT2D eigenvalue weighted by Crippen LogP contribution is 2.26. The normalized spacial score (nSPS) is 11.6. The number of nitrogens with one attached hydrogen (secondary N) is 2. The number of amides is 1. The molecule has 11 heteroatoms. The molecule has 2 N–H and O–H groups in total. The lowest BCUT2D eigenvalue weighted by Gasteiger charge is -2.21. The summed E-state index contributed by atoms with van der Waals surface area (Å²) in [4.78, 5) is 47.7. The molecule has 0 saturated carbocycles. The van der Waals surface area contributed by atoms with Crippen LogP contribution in [0.3, 0.4) is 0 Å². The van der Waals surface area contributed by atoms with E-state index in [2.05, 4.69) is 25.5 Å². The van der Waals surface area contributed by atoms with E-state index in [-0.39, 0.29) is 22.1 Å². The van der Waals surface area contributed by atoms with E-state index in [9.17, 15) is 19.2 Å².